The monoisotopic (exact) mass is 346 g/mol. The zero-order valence-electron chi connectivity index (χ0n) is 10.6. The molecule has 1 fully saturated rings. The van der Waals surface area contributed by atoms with Crippen LogP contribution in [-0.4, -0.2) is 31.6 Å². The lowest BCUT2D eigenvalue weighted by atomic mass is 9.78. The maximum absolute atomic E-state index is 12.3. The van der Waals surface area contributed by atoms with Crippen molar-refractivity contribution in [2.75, 3.05) is 19.8 Å². The average Bonchev–Trinajstić information content (AvgIpc) is 2.78. The molecule has 1 aliphatic heterocycles. The van der Waals surface area contributed by atoms with Crippen molar-refractivity contribution in [2.45, 2.75) is 19.8 Å². The van der Waals surface area contributed by atoms with Crippen LogP contribution in [0, 0.1) is 5.41 Å². The Labute approximate surface area is 124 Å². The number of hydrogen-bond donors (Lipinski definition) is 0. The Balaban J connectivity index is 2.27. The van der Waals surface area contributed by atoms with Gasteiger partial charge in [0.05, 0.1) is 19.8 Å². The van der Waals surface area contributed by atoms with Crippen LogP contribution in [0.1, 0.15) is 18.2 Å². The molecule has 6 heteroatoms. The molecular weight excluding hydrogens is 332 g/mol. The molecule has 1 saturated heterocycles. The molecule has 1 unspecified atom stereocenters. The third kappa shape index (κ3) is 3.07. The predicted molar refractivity (Wildman–Crippen MR) is 75.2 cm³/mol. The van der Waals surface area contributed by atoms with Gasteiger partial charge in [-0.15, -0.1) is 11.3 Å². The lowest BCUT2D eigenvalue weighted by molar-refractivity contribution is -0.169. The number of thiophene rings is 1. The summed E-state index contributed by atoms with van der Waals surface area (Å²) >= 11 is 4.89. The number of esters is 1. The fourth-order valence-electron chi connectivity index (χ4n) is 2.14. The van der Waals surface area contributed by atoms with E-state index in [0.717, 1.165) is 9.35 Å². The molecular formula is C13H15BrO4S. The highest BCUT2D eigenvalue weighted by Gasteiger charge is 2.49. The molecule has 0 aliphatic carbocycles. The van der Waals surface area contributed by atoms with E-state index in [2.05, 4.69) is 15.9 Å². The zero-order valence-corrected chi connectivity index (χ0v) is 13.0. The van der Waals surface area contributed by atoms with Crippen LogP contribution >= 0.6 is 27.3 Å². The van der Waals surface area contributed by atoms with Gasteiger partial charge in [-0.05, 0) is 28.9 Å². The molecule has 2 rings (SSSR count). The van der Waals surface area contributed by atoms with Gasteiger partial charge >= 0.3 is 5.97 Å². The van der Waals surface area contributed by atoms with Crippen LogP contribution in [0.15, 0.2) is 15.9 Å². The number of rotatable bonds is 4. The molecule has 1 atom stereocenters. The Hall–Kier alpha value is -0.720. The number of carbonyl (C=O) groups is 2. The maximum atomic E-state index is 12.3. The van der Waals surface area contributed by atoms with Gasteiger partial charge in [-0.1, -0.05) is 0 Å². The van der Waals surface area contributed by atoms with Gasteiger partial charge < -0.3 is 9.47 Å². The van der Waals surface area contributed by atoms with Crippen molar-refractivity contribution in [3.63, 3.8) is 0 Å². The first kappa shape index (κ1) is 14.7. The van der Waals surface area contributed by atoms with E-state index in [9.17, 15) is 9.59 Å². The normalized spacial score (nSPS) is 23.4. The van der Waals surface area contributed by atoms with E-state index >= 15 is 0 Å². The highest BCUT2D eigenvalue weighted by atomic mass is 79.9. The first-order valence-electron chi connectivity index (χ1n) is 6.09. The van der Waals surface area contributed by atoms with Crippen LogP contribution in [0.2, 0.25) is 0 Å². The quantitative estimate of drug-likeness (QED) is 0.621. The van der Waals surface area contributed by atoms with Crippen molar-refractivity contribution in [2.24, 2.45) is 5.41 Å². The fourth-order valence-corrected chi connectivity index (χ4v) is 3.70. The number of halogens is 1. The summed E-state index contributed by atoms with van der Waals surface area (Å²) in [5.74, 6) is -0.550. The Kier molecular flexibility index (Phi) is 4.76. The van der Waals surface area contributed by atoms with Crippen molar-refractivity contribution < 1.29 is 19.1 Å². The predicted octanol–water partition coefficient (Wildman–Crippen LogP) is 2.59. The first-order chi connectivity index (χ1) is 9.08. The van der Waals surface area contributed by atoms with Gasteiger partial charge in [0.1, 0.15) is 0 Å². The summed E-state index contributed by atoms with van der Waals surface area (Å²) in [6.45, 7) is 2.50. The number of ketones is 1. The van der Waals surface area contributed by atoms with E-state index in [0.29, 0.717) is 13.0 Å². The van der Waals surface area contributed by atoms with Crippen molar-refractivity contribution in [1.29, 1.82) is 0 Å². The molecule has 1 aromatic heterocycles. The van der Waals surface area contributed by atoms with Gasteiger partial charge in [0.25, 0.3) is 0 Å². The van der Waals surface area contributed by atoms with E-state index in [1.807, 2.05) is 11.4 Å². The van der Waals surface area contributed by atoms with Crippen molar-refractivity contribution in [3.05, 3.63) is 20.8 Å². The fraction of sp³-hybridized carbons (Fsp3) is 0.538. The van der Waals surface area contributed by atoms with Gasteiger partial charge in [0.2, 0.25) is 0 Å². The van der Waals surface area contributed by atoms with Gasteiger partial charge in [-0.3, -0.25) is 9.59 Å². The second-order valence-corrected chi connectivity index (χ2v) is 6.35. The summed E-state index contributed by atoms with van der Waals surface area (Å²) in [4.78, 5) is 25.4. The number of carbonyl (C=O) groups excluding carboxylic acids is 2. The summed E-state index contributed by atoms with van der Waals surface area (Å²) in [5.41, 5.74) is -1.17. The zero-order chi connectivity index (χ0) is 13.9. The SMILES string of the molecule is CCOC(=O)C1(Cc2cc(Br)cs2)COCCC1=O. The van der Waals surface area contributed by atoms with Gasteiger partial charge in [-0.25, -0.2) is 0 Å². The van der Waals surface area contributed by atoms with E-state index in [-0.39, 0.29) is 25.4 Å². The van der Waals surface area contributed by atoms with Gasteiger partial charge in [-0.2, -0.15) is 0 Å². The van der Waals surface area contributed by atoms with Crippen LogP contribution in [0.4, 0.5) is 0 Å². The van der Waals surface area contributed by atoms with Crippen molar-refractivity contribution in [1.82, 2.24) is 0 Å². The first-order valence-corrected chi connectivity index (χ1v) is 7.77. The molecule has 0 aromatic carbocycles. The van der Waals surface area contributed by atoms with Gasteiger partial charge in [0.15, 0.2) is 11.2 Å². The second kappa shape index (κ2) is 6.15. The molecule has 2 heterocycles. The van der Waals surface area contributed by atoms with E-state index in [1.54, 1.807) is 6.92 Å². The van der Waals surface area contributed by atoms with Crippen LogP contribution in [0.5, 0.6) is 0 Å². The molecule has 104 valence electrons. The summed E-state index contributed by atoms with van der Waals surface area (Å²) in [7, 11) is 0. The summed E-state index contributed by atoms with van der Waals surface area (Å²) < 4.78 is 11.4. The molecule has 0 radical (unpaired) electrons. The minimum Gasteiger partial charge on any atom is -0.465 e. The van der Waals surface area contributed by atoms with Crippen LogP contribution in [-0.2, 0) is 25.5 Å². The molecule has 1 aliphatic rings. The largest absolute Gasteiger partial charge is 0.465 e. The maximum Gasteiger partial charge on any atom is 0.322 e. The molecule has 0 saturated carbocycles. The molecule has 1 aromatic rings. The standard InChI is InChI=1S/C13H15BrO4S/c1-2-18-12(16)13(8-17-4-3-11(13)15)6-10-5-9(14)7-19-10/h5,7H,2-4,6,8H2,1H3. The average molecular weight is 347 g/mol. The number of hydrogen-bond acceptors (Lipinski definition) is 5. The van der Waals surface area contributed by atoms with E-state index in [1.165, 1.54) is 11.3 Å². The minimum absolute atomic E-state index is 0.0817. The Morgan fingerprint density at radius 1 is 1.63 bits per heavy atom. The Bertz CT molecular complexity index is 485. The van der Waals surface area contributed by atoms with E-state index < -0.39 is 11.4 Å². The molecule has 0 spiro atoms. The van der Waals surface area contributed by atoms with Crippen LogP contribution < -0.4 is 0 Å². The lowest BCUT2D eigenvalue weighted by Crippen LogP contribution is -2.49. The Morgan fingerprint density at radius 3 is 3.00 bits per heavy atom. The van der Waals surface area contributed by atoms with E-state index in [4.69, 9.17) is 9.47 Å². The lowest BCUT2D eigenvalue weighted by Gasteiger charge is -2.32. The van der Waals surface area contributed by atoms with Crippen LogP contribution in [0.3, 0.4) is 0 Å². The van der Waals surface area contributed by atoms with Crippen molar-refractivity contribution in [3.8, 4) is 0 Å². The Morgan fingerprint density at radius 2 is 2.42 bits per heavy atom. The smallest absolute Gasteiger partial charge is 0.322 e. The summed E-state index contributed by atoms with van der Waals surface area (Å²) in [5, 5.41) is 1.93. The summed E-state index contributed by atoms with van der Waals surface area (Å²) in [6.07, 6.45) is 0.617. The second-order valence-electron chi connectivity index (χ2n) is 4.44. The molecule has 0 N–H and O–H groups in total. The minimum atomic E-state index is -1.17. The number of Topliss-reactive ketones (excluding diaryl/α,β-unsaturated/α-hetero) is 1. The molecule has 0 bridgehead atoms. The highest BCUT2D eigenvalue weighted by Crippen LogP contribution is 2.34. The molecule has 0 amide bonds. The number of ether oxygens (including phenoxy) is 2. The summed E-state index contributed by atoms with van der Waals surface area (Å²) in [6, 6.07) is 1.92. The van der Waals surface area contributed by atoms with Crippen molar-refractivity contribution >= 4 is 39.0 Å². The third-order valence-corrected chi connectivity index (χ3v) is 4.82. The topological polar surface area (TPSA) is 52.6 Å². The van der Waals surface area contributed by atoms with Gasteiger partial charge in [0, 0.05) is 27.6 Å². The molecule has 19 heavy (non-hydrogen) atoms. The molecule has 4 nitrogen and oxygen atoms in total. The van der Waals surface area contributed by atoms with Crippen LogP contribution in [0.25, 0.3) is 0 Å². The third-order valence-electron chi connectivity index (χ3n) is 3.12. The highest BCUT2D eigenvalue weighted by molar-refractivity contribution is 9.10.